The first-order chi connectivity index (χ1) is 7.31. The number of hydrogen-bond donors (Lipinski definition) is 0. The number of isocyanates is 1. The lowest BCUT2D eigenvalue weighted by molar-refractivity contribution is 0.100. The van der Waals surface area contributed by atoms with Crippen molar-refractivity contribution in [2.24, 2.45) is 4.99 Å². The van der Waals surface area contributed by atoms with Crippen LogP contribution in [0.4, 0.5) is 0 Å². The zero-order valence-electron chi connectivity index (χ0n) is 7.54. The van der Waals surface area contributed by atoms with E-state index in [-0.39, 0.29) is 0 Å². The molecule has 0 aliphatic rings. The number of hydrogen-bond acceptors (Lipinski definition) is 4. The molecule has 0 fully saturated rings. The second-order valence-corrected chi connectivity index (χ2v) is 2.77. The maximum atomic E-state index is 11.2. The maximum absolute atomic E-state index is 11.2. The summed E-state index contributed by atoms with van der Waals surface area (Å²) in [7, 11) is 0. The van der Waals surface area contributed by atoms with Crippen LogP contribution in [0.5, 0.6) is 0 Å². The van der Waals surface area contributed by atoms with Crippen LogP contribution in [0.15, 0.2) is 35.6 Å². The SMILES string of the molecule is O=C=NC(=O)c1ccc2nccnc2c1. The molecule has 1 aromatic carbocycles. The first-order valence-electron chi connectivity index (χ1n) is 4.14. The van der Waals surface area contributed by atoms with Gasteiger partial charge in [-0.2, -0.15) is 0 Å². The molecule has 0 N–H and O–H groups in total. The van der Waals surface area contributed by atoms with Crippen LogP contribution < -0.4 is 0 Å². The lowest BCUT2D eigenvalue weighted by atomic mass is 10.2. The number of amides is 1. The molecule has 1 amide bonds. The predicted octanol–water partition coefficient (Wildman–Crippen LogP) is 1.11. The summed E-state index contributed by atoms with van der Waals surface area (Å²) in [6.07, 6.45) is 4.29. The van der Waals surface area contributed by atoms with E-state index in [1.165, 1.54) is 18.3 Å². The first kappa shape index (κ1) is 9.18. The van der Waals surface area contributed by atoms with Crippen LogP contribution >= 0.6 is 0 Å². The summed E-state index contributed by atoms with van der Waals surface area (Å²) in [4.78, 5) is 32.2. The summed E-state index contributed by atoms with van der Waals surface area (Å²) in [5.41, 5.74) is 1.57. The van der Waals surface area contributed by atoms with Crippen molar-refractivity contribution in [2.75, 3.05) is 0 Å². The van der Waals surface area contributed by atoms with Crippen molar-refractivity contribution < 1.29 is 9.59 Å². The minimum atomic E-state index is -0.627. The Hall–Kier alpha value is -2.39. The molecule has 5 heteroatoms. The molecule has 0 bridgehead atoms. The number of benzene rings is 1. The van der Waals surface area contributed by atoms with Gasteiger partial charge in [0.1, 0.15) is 0 Å². The molecule has 0 aliphatic heterocycles. The number of nitrogens with zero attached hydrogens (tertiary/aromatic N) is 3. The maximum Gasteiger partial charge on any atom is 0.287 e. The van der Waals surface area contributed by atoms with Gasteiger partial charge in [0, 0.05) is 18.0 Å². The van der Waals surface area contributed by atoms with Gasteiger partial charge in [0.25, 0.3) is 5.91 Å². The quantitative estimate of drug-likeness (QED) is 0.509. The number of aliphatic imine (C=N–C) groups is 1. The summed E-state index contributed by atoms with van der Waals surface area (Å²) in [5.74, 6) is -0.627. The van der Waals surface area contributed by atoms with Crippen molar-refractivity contribution in [1.82, 2.24) is 9.97 Å². The summed E-state index contributed by atoms with van der Waals surface area (Å²) < 4.78 is 0. The Morgan fingerprint density at radius 3 is 2.67 bits per heavy atom. The van der Waals surface area contributed by atoms with E-state index in [9.17, 15) is 9.59 Å². The number of carbonyl (C=O) groups is 1. The van der Waals surface area contributed by atoms with Crippen molar-refractivity contribution in [1.29, 1.82) is 0 Å². The van der Waals surface area contributed by atoms with E-state index < -0.39 is 5.91 Å². The molecule has 2 rings (SSSR count). The summed E-state index contributed by atoms with van der Waals surface area (Å²) in [6.45, 7) is 0. The molecule has 0 saturated carbocycles. The molecule has 0 atom stereocenters. The minimum Gasteiger partial charge on any atom is -0.266 e. The number of aromatic nitrogens is 2. The second-order valence-electron chi connectivity index (χ2n) is 2.77. The Bertz CT molecular complexity index is 574. The molecule has 72 valence electrons. The van der Waals surface area contributed by atoms with Crippen molar-refractivity contribution in [2.45, 2.75) is 0 Å². The van der Waals surface area contributed by atoms with Crippen molar-refractivity contribution >= 4 is 23.0 Å². The average Bonchev–Trinajstić information content (AvgIpc) is 2.29. The lowest BCUT2D eigenvalue weighted by Crippen LogP contribution is -1.94. The monoisotopic (exact) mass is 199 g/mol. The molecule has 0 radical (unpaired) electrons. The van der Waals surface area contributed by atoms with Crippen LogP contribution in [-0.2, 0) is 4.79 Å². The minimum absolute atomic E-state index is 0.298. The highest BCUT2D eigenvalue weighted by molar-refractivity contribution is 5.99. The third kappa shape index (κ3) is 1.77. The molecule has 15 heavy (non-hydrogen) atoms. The van der Waals surface area contributed by atoms with Gasteiger partial charge in [0.15, 0.2) is 0 Å². The van der Waals surface area contributed by atoms with Crippen molar-refractivity contribution in [3.63, 3.8) is 0 Å². The number of carbonyl (C=O) groups excluding carboxylic acids is 2. The smallest absolute Gasteiger partial charge is 0.266 e. The van der Waals surface area contributed by atoms with Crippen LogP contribution in [0, 0.1) is 0 Å². The van der Waals surface area contributed by atoms with Gasteiger partial charge in [-0.25, -0.2) is 4.79 Å². The van der Waals surface area contributed by atoms with Gasteiger partial charge in [-0.1, -0.05) is 0 Å². The van der Waals surface area contributed by atoms with Gasteiger partial charge in [-0.3, -0.25) is 14.8 Å². The van der Waals surface area contributed by atoms with Crippen molar-refractivity contribution in [3.05, 3.63) is 36.2 Å². The van der Waals surface area contributed by atoms with Gasteiger partial charge in [-0.15, -0.1) is 4.99 Å². The lowest BCUT2D eigenvalue weighted by Gasteiger charge is -1.96. The van der Waals surface area contributed by atoms with E-state index in [0.717, 1.165) is 0 Å². The number of rotatable bonds is 1. The highest BCUT2D eigenvalue weighted by atomic mass is 16.2. The van der Waals surface area contributed by atoms with Crippen molar-refractivity contribution in [3.8, 4) is 0 Å². The average molecular weight is 199 g/mol. The molecular weight excluding hydrogens is 194 g/mol. The van der Waals surface area contributed by atoms with Gasteiger partial charge >= 0.3 is 0 Å². The Morgan fingerprint density at radius 1 is 1.20 bits per heavy atom. The highest BCUT2D eigenvalue weighted by Crippen LogP contribution is 2.11. The first-order valence-corrected chi connectivity index (χ1v) is 4.14. The molecule has 0 spiro atoms. The Balaban J connectivity index is 2.56. The molecule has 0 saturated heterocycles. The number of fused-ring (bicyclic) bond motifs is 1. The molecule has 2 aromatic rings. The Kier molecular flexibility index (Phi) is 2.31. The molecule has 1 heterocycles. The third-order valence-corrected chi connectivity index (χ3v) is 1.86. The van der Waals surface area contributed by atoms with Crippen LogP contribution in [0.3, 0.4) is 0 Å². The van der Waals surface area contributed by atoms with Gasteiger partial charge in [0.2, 0.25) is 6.08 Å². The summed E-state index contributed by atoms with van der Waals surface area (Å²) in [6, 6.07) is 4.72. The van der Waals surface area contributed by atoms with Crippen LogP contribution in [-0.4, -0.2) is 22.0 Å². The third-order valence-electron chi connectivity index (χ3n) is 1.86. The Morgan fingerprint density at radius 2 is 1.93 bits per heavy atom. The predicted molar refractivity (Wildman–Crippen MR) is 52.0 cm³/mol. The van der Waals surface area contributed by atoms with E-state index >= 15 is 0 Å². The zero-order chi connectivity index (χ0) is 10.7. The van der Waals surface area contributed by atoms with E-state index in [2.05, 4.69) is 15.0 Å². The fourth-order valence-corrected chi connectivity index (χ4v) is 1.20. The standard InChI is InChI=1S/C10H5N3O2/c14-6-13-10(15)7-1-2-8-9(5-7)12-4-3-11-8/h1-5H. The van der Waals surface area contributed by atoms with Gasteiger partial charge in [-0.05, 0) is 18.2 Å². The normalized spacial score (nSPS) is 9.60. The topological polar surface area (TPSA) is 72.3 Å². The summed E-state index contributed by atoms with van der Waals surface area (Å²) >= 11 is 0. The van der Waals surface area contributed by atoms with E-state index in [0.29, 0.717) is 16.6 Å². The largest absolute Gasteiger partial charge is 0.287 e. The molecule has 1 aromatic heterocycles. The van der Waals surface area contributed by atoms with Crippen LogP contribution in [0.25, 0.3) is 11.0 Å². The van der Waals surface area contributed by atoms with E-state index in [1.807, 2.05) is 0 Å². The second kappa shape index (κ2) is 3.77. The fourth-order valence-electron chi connectivity index (χ4n) is 1.20. The van der Waals surface area contributed by atoms with Crippen LogP contribution in [0.1, 0.15) is 10.4 Å². The highest BCUT2D eigenvalue weighted by Gasteiger charge is 2.05. The van der Waals surface area contributed by atoms with E-state index in [1.54, 1.807) is 18.3 Å². The van der Waals surface area contributed by atoms with E-state index in [4.69, 9.17) is 0 Å². The zero-order valence-corrected chi connectivity index (χ0v) is 7.54. The van der Waals surface area contributed by atoms with Gasteiger partial charge in [0.05, 0.1) is 11.0 Å². The van der Waals surface area contributed by atoms with Gasteiger partial charge < -0.3 is 0 Å². The Labute approximate surface area is 84.5 Å². The molecule has 0 aliphatic carbocycles. The fraction of sp³-hybridized carbons (Fsp3) is 0. The molecular formula is C10H5N3O2. The molecule has 5 nitrogen and oxygen atoms in total. The van der Waals surface area contributed by atoms with Crippen LogP contribution in [0.2, 0.25) is 0 Å². The summed E-state index contributed by atoms with van der Waals surface area (Å²) in [5, 5.41) is 0. The molecule has 0 unspecified atom stereocenters.